The number of nitrogens with zero attached hydrogens (tertiary/aromatic N) is 2. The molecule has 1 rings (SSSR count). The first-order valence-electron chi connectivity index (χ1n) is 4.46. The molecule has 0 fully saturated rings. The summed E-state index contributed by atoms with van der Waals surface area (Å²) in [6.45, 7) is 4.56. The Kier molecular flexibility index (Phi) is 3.30. The van der Waals surface area contributed by atoms with Gasteiger partial charge in [0, 0.05) is 10.7 Å². The molecule has 0 radical (unpaired) electrons. The second kappa shape index (κ2) is 4.06. The molecular formula is C8H12ClN3O3S. The molecule has 1 unspecified atom stereocenters. The summed E-state index contributed by atoms with van der Waals surface area (Å²) < 4.78 is 23.8. The lowest BCUT2D eigenvalue weighted by Crippen LogP contribution is -2.25. The number of carbonyl (C=O) groups is 1. The van der Waals surface area contributed by atoms with E-state index in [2.05, 4.69) is 5.10 Å². The number of carbonyl (C=O) groups excluding carboxylic acids is 1. The van der Waals surface area contributed by atoms with E-state index in [0.717, 1.165) is 0 Å². The van der Waals surface area contributed by atoms with Crippen molar-refractivity contribution >= 4 is 25.6 Å². The predicted octanol–water partition coefficient (Wildman–Crippen LogP) is 0.474. The SMILES string of the molecule is Cc1nn(C(C)C(N)=O)c(C)c1S(=O)(=O)Cl. The summed E-state index contributed by atoms with van der Waals surface area (Å²) >= 11 is 0. The third-order valence-electron chi connectivity index (χ3n) is 2.28. The van der Waals surface area contributed by atoms with E-state index in [-0.39, 0.29) is 10.6 Å². The van der Waals surface area contributed by atoms with Crippen LogP contribution in [0.5, 0.6) is 0 Å². The van der Waals surface area contributed by atoms with Crippen LogP contribution in [0.2, 0.25) is 0 Å². The molecule has 0 aliphatic heterocycles. The molecule has 0 aliphatic rings. The Morgan fingerprint density at radius 1 is 1.50 bits per heavy atom. The molecule has 1 atom stereocenters. The van der Waals surface area contributed by atoms with Crippen LogP contribution in [0.3, 0.4) is 0 Å². The highest BCUT2D eigenvalue weighted by Gasteiger charge is 2.25. The monoisotopic (exact) mass is 265 g/mol. The summed E-state index contributed by atoms with van der Waals surface area (Å²) in [4.78, 5) is 10.9. The van der Waals surface area contributed by atoms with Crippen molar-refractivity contribution in [1.29, 1.82) is 0 Å². The molecule has 1 aromatic heterocycles. The molecule has 0 saturated heterocycles. The third kappa shape index (κ3) is 2.19. The van der Waals surface area contributed by atoms with Gasteiger partial charge < -0.3 is 5.73 Å². The van der Waals surface area contributed by atoms with Crippen molar-refractivity contribution in [3.8, 4) is 0 Å². The number of amides is 1. The fourth-order valence-electron chi connectivity index (χ4n) is 1.50. The van der Waals surface area contributed by atoms with Crippen molar-refractivity contribution in [2.45, 2.75) is 31.7 Å². The van der Waals surface area contributed by atoms with Crippen molar-refractivity contribution in [2.75, 3.05) is 0 Å². The van der Waals surface area contributed by atoms with E-state index in [4.69, 9.17) is 16.4 Å². The third-order valence-corrected chi connectivity index (χ3v) is 3.82. The van der Waals surface area contributed by atoms with Gasteiger partial charge in [-0.05, 0) is 20.8 Å². The van der Waals surface area contributed by atoms with E-state index in [1.54, 1.807) is 0 Å². The Labute approximate surface area is 97.8 Å². The van der Waals surface area contributed by atoms with Crippen molar-refractivity contribution in [2.24, 2.45) is 5.73 Å². The smallest absolute Gasteiger partial charge is 0.264 e. The molecule has 0 bridgehead atoms. The zero-order valence-corrected chi connectivity index (χ0v) is 10.6. The lowest BCUT2D eigenvalue weighted by molar-refractivity contribution is -0.121. The molecule has 8 heteroatoms. The number of primary amides is 1. The van der Waals surface area contributed by atoms with Gasteiger partial charge in [0.1, 0.15) is 10.9 Å². The van der Waals surface area contributed by atoms with Gasteiger partial charge in [-0.25, -0.2) is 8.42 Å². The Balaban J connectivity index is 3.44. The van der Waals surface area contributed by atoms with Crippen LogP contribution in [-0.2, 0) is 13.8 Å². The van der Waals surface area contributed by atoms with Crippen LogP contribution >= 0.6 is 10.7 Å². The molecule has 0 saturated carbocycles. The largest absolute Gasteiger partial charge is 0.368 e. The lowest BCUT2D eigenvalue weighted by atomic mass is 10.3. The minimum absolute atomic E-state index is 0.0673. The van der Waals surface area contributed by atoms with Crippen LogP contribution in [0.1, 0.15) is 24.4 Å². The van der Waals surface area contributed by atoms with Crippen LogP contribution in [0.15, 0.2) is 4.90 Å². The second-order valence-corrected chi connectivity index (χ2v) is 5.96. The van der Waals surface area contributed by atoms with Crippen molar-refractivity contribution in [3.63, 3.8) is 0 Å². The Morgan fingerprint density at radius 3 is 2.31 bits per heavy atom. The van der Waals surface area contributed by atoms with E-state index < -0.39 is 21.0 Å². The number of hydrogen-bond donors (Lipinski definition) is 1. The van der Waals surface area contributed by atoms with Gasteiger partial charge in [0.15, 0.2) is 0 Å². The highest BCUT2D eigenvalue weighted by molar-refractivity contribution is 8.13. The first-order valence-corrected chi connectivity index (χ1v) is 6.77. The lowest BCUT2D eigenvalue weighted by Gasteiger charge is -2.09. The maximum absolute atomic E-state index is 11.3. The maximum Gasteiger partial charge on any atom is 0.264 e. The van der Waals surface area contributed by atoms with E-state index in [1.807, 2.05) is 0 Å². The van der Waals surface area contributed by atoms with Gasteiger partial charge in [-0.15, -0.1) is 0 Å². The fraction of sp³-hybridized carbons (Fsp3) is 0.500. The zero-order chi connectivity index (χ0) is 12.7. The summed E-state index contributed by atoms with van der Waals surface area (Å²) in [7, 11) is 1.40. The molecular weight excluding hydrogens is 254 g/mol. The van der Waals surface area contributed by atoms with Crippen molar-refractivity contribution < 1.29 is 13.2 Å². The topological polar surface area (TPSA) is 95.1 Å². The normalized spacial score (nSPS) is 13.8. The van der Waals surface area contributed by atoms with Gasteiger partial charge in [-0.2, -0.15) is 5.10 Å². The molecule has 6 nitrogen and oxygen atoms in total. The molecule has 2 N–H and O–H groups in total. The first-order chi connectivity index (χ1) is 7.16. The molecule has 1 heterocycles. The van der Waals surface area contributed by atoms with Crippen molar-refractivity contribution in [1.82, 2.24) is 9.78 Å². The minimum atomic E-state index is -3.87. The summed E-state index contributed by atoms with van der Waals surface area (Å²) in [5, 5.41) is 3.95. The van der Waals surface area contributed by atoms with E-state index in [0.29, 0.717) is 5.69 Å². The molecule has 0 aromatic carbocycles. The Hall–Kier alpha value is -1.08. The predicted molar refractivity (Wildman–Crippen MR) is 58.6 cm³/mol. The van der Waals surface area contributed by atoms with Crippen LogP contribution < -0.4 is 5.73 Å². The van der Waals surface area contributed by atoms with Crippen LogP contribution in [0.4, 0.5) is 0 Å². The van der Waals surface area contributed by atoms with Crippen LogP contribution in [0.25, 0.3) is 0 Å². The molecule has 0 spiro atoms. The van der Waals surface area contributed by atoms with Gasteiger partial charge in [0.05, 0.1) is 11.4 Å². The average molecular weight is 266 g/mol. The van der Waals surface area contributed by atoms with E-state index in [9.17, 15) is 13.2 Å². The van der Waals surface area contributed by atoms with E-state index in [1.165, 1.54) is 25.5 Å². The number of rotatable bonds is 3. The molecule has 16 heavy (non-hydrogen) atoms. The van der Waals surface area contributed by atoms with Crippen LogP contribution in [0, 0.1) is 13.8 Å². The number of aryl methyl sites for hydroxylation is 1. The van der Waals surface area contributed by atoms with Gasteiger partial charge in [0.2, 0.25) is 5.91 Å². The summed E-state index contributed by atoms with van der Waals surface area (Å²) in [5.74, 6) is -0.593. The quantitative estimate of drug-likeness (QED) is 0.804. The summed E-state index contributed by atoms with van der Waals surface area (Å²) in [6.07, 6.45) is 0. The highest BCUT2D eigenvalue weighted by Crippen LogP contribution is 2.25. The van der Waals surface area contributed by atoms with E-state index >= 15 is 0 Å². The average Bonchev–Trinajstić information content (AvgIpc) is 2.38. The van der Waals surface area contributed by atoms with Crippen LogP contribution in [-0.4, -0.2) is 24.1 Å². The number of halogens is 1. The van der Waals surface area contributed by atoms with Gasteiger partial charge in [0.25, 0.3) is 9.05 Å². The molecule has 1 aromatic rings. The van der Waals surface area contributed by atoms with Gasteiger partial charge in [-0.1, -0.05) is 0 Å². The van der Waals surface area contributed by atoms with Gasteiger partial charge in [-0.3, -0.25) is 9.48 Å². The zero-order valence-electron chi connectivity index (χ0n) is 9.06. The highest BCUT2D eigenvalue weighted by atomic mass is 35.7. The van der Waals surface area contributed by atoms with Gasteiger partial charge >= 0.3 is 0 Å². The first kappa shape index (κ1) is 13.0. The summed E-state index contributed by atoms with van der Waals surface area (Å²) in [6, 6.07) is -0.717. The summed E-state index contributed by atoms with van der Waals surface area (Å²) in [5.41, 5.74) is 5.68. The fourth-order valence-corrected chi connectivity index (χ4v) is 3.01. The molecule has 90 valence electrons. The molecule has 1 amide bonds. The minimum Gasteiger partial charge on any atom is -0.368 e. The Morgan fingerprint density at radius 2 is 2.00 bits per heavy atom. The second-order valence-electron chi connectivity index (χ2n) is 3.46. The number of hydrogen-bond acceptors (Lipinski definition) is 4. The number of nitrogens with two attached hydrogens (primary N) is 1. The maximum atomic E-state index is 11.3. The standard InChI is InChI=1S/C8H12ClN3O3S/c1-4-7(16(9,14)15)5(2)12(11-4)6(3)8(10)13/h6H,1-3H3,(H2,10,13). The number of aromatic nitrogens is 2. The Bertz CT molecular complexity index is 535. The van der Waals surface area contributed by atoms with Crippen molar-refractivity contribution in [3.05, 3.63) is 11.4 Å². The molecule has 0 aliphatic carbocycles.